The number of halogens is 3. The number of hydrogen-bond acceptors (Lipinski definition) is 3. The van der Waals surface area contributed by atoms with Crippen molar-refractivity contribution >= 4 is 48.7 Å². The molecule has 0 aliphatic heterocycles. The van der Waals surface area contributed by atoms with Gasteiger partial charge in [-0.1, -0.05) is 23.2 Å². The third-order valence-electron chi connectivity index (χ3n) is 1.97. The van der Waals surface area contributed by atoms with Gasteiger partial charge in [0.1, 0.15) is 4.90 Å². The standard InChI is InChI=1S/C9H7Cl3O3S/c1-4-3-6(10)8(11)9(16(12,14)15)7(4)5(2)13/h3H,1-2H3. The first-order valence-electron chi connectivity index (χ1n) is 4.10. The second kappa shape index (κ2) is 4.53. The van der Waals surface area contributed by atoms with Crippen molar-refractivity contribution in [3.8, 4) is 0 Å². The summed E-state index contributed by atoms with van der Waals surface area (Å²) in [7, 11) is 1.11. The molecule has 0 unspecified atom stereocenters. The van der Waals surface area contributed by atoms with Crippen molar-refractivity contribution in [2.24, 2.45) is 0 Å². The maximum Gasteiger partial charge on any atom is 0.263 e. The van der Waals surface area contributed by atoms with Gasteiger partial charge >= 0.3 is 0 Å². The van der Waals surface area contributed by atoms with Crippen LogP contribution >= 0.6 is 33.9 Å². The van der Waals surface area contributed by atoms with E-state index >= 15 is 0 Å². The van der Waals surface area contributed by atoms with Gasteiger partial charge in [0.15, 0.2) is 5.78 Å². The van der Waals surface area contributed by atoms with Crippen LogP contribution in [0.4, 0.5) is 0 Å². The summed E-state index contributed by atoms with van der Waals surface area (Å²) in [6.45, 7) is 2.79. The van der Waals surface area contributed by atoms with Gasteiger partial charge in [0.25, 0.3) is 9.05 Å². The average molecular weight is 302 g/mol. The molecular formula is C9H7Cl3O3S. The lowest BCUT2D eigenvalue weighted by Crippen LogP contribution is -2.06. The number of aryl methyl sites for hydroxylation is 1. The number of Topliss-reactive ketones (excluding diaryl/α,β-unsaturated/α-hetero) is 1. The molecule has 0 N–H and O–H groups in total. The lowest BCUT2D eigenvalue weighted by molar-refractivity contribution is 0.101. The minimum Gasteiger partial charge on any atom is -0.294 e. The Morgan fingerprint density at radius 2 is 1.81 bits per heavy atom. The minimum atomic E-state index is -4.12. The van der Waals surface area contributed by atoms with Crippen LogP contribution in [0.25, 0.3) is 0 Å². The molecule has 0 heterocycles. The van der Waals surface area contributed by atoms with Gasteiger partial charge < -0.3 is 0 Å². The highest BCUT2D eigenvalue weighted by molar-refractivity contribution is 8.13. The molecule has 0 spiro atoms. The molecule has 1 aromatic carbocycles. The van der Waals surface area contributed by atoms with Crippen molar-refractivity contribution in [3.05, 3.63) is 27.2 Å². The van der Waals surface area contributed by atoms with Crippen LogP contribution in [0.1, 0.15) is 22.8 Å². The fourth-order valence-corrected chi connectivity index (χ4v) is 3.61. The number of carbonyl (C=O) groups is 1. The Hall–Kier alpha value is -0.290. The Bertz CT molecular complexity index is 564. The molecule has 1 rings (SSSR count). The van der Waals surface area contributed by atoms with E-state index < -0.39 is 19.7 Å². The van der Waals surface area contributed by atoms with E-state index in [1.54, 1.807) is 6.92 Å². The van der Waals surface area contributed by atoms with E-state index in [4.69, 9.17) is 33.9 Å². The first-order chi connectivity index (χ1) is 7.16. The highest BCUT2D eigenvalue weighted by atomic mass is 35.7. The predicted octanol–water partition coefficient (Wildman–Crippen LogP) is 3.43. The number of benzene rings is 1. The fraction of sp³-hybridized carbons (Fsp3) is 0.222. The van der Waals surface area contributed by atoms with E-state index in [2.05, 4.69) is 0 Å². The maximum atomic E-state index is 11.4. The summed E-state index contributed by atoms with van der Waals surface area (Å²) in [5.74, 6) is -0.435. The van der Waals surface area contributed by atoms with Gasteiger partial charge in [-0.25, -0.2) is 8.42 Å². The van der Waals surface area contributed by atoms with Crippen LogP contribution in [0.5, 0.6) is 0 Å². The van der Waals surface area contributed by atoms with Crippen LogP contribution in [-0.4, -0.2) is 14.2 Å². The number of carbonyl (C=O) groups excluding carboxylic acids is 1. The largest absolute Gasteiger partial charge is 0.294 e. The normalized spacial score (nSPS) is 11.6. The van der Waals surface area contributed by atoms with Crippen molar-refractivity contribution < 1.29 is 13.2 Å². The number of rotatable bonds is 2. The zero-order chi connectivity index (χ0) is 12.7. The summed E-state index contributed by atoms with van der Waals surface area (Å²) in [5, 5.41) is -0.184. The summed E-state index contributed by atoms with van der Waals surface area (Å²) in [4.78, 5) is 10.9. The Balaban J connectivity index is 3.87. The highest BCUT2D eigenvalue weighted by Crippen LogP contribution is 2.36. The van der Waals surface area contributed by atoms with Gasteiger partial charge in [0.2, 0.25) is 0 Å². The fourth-order valence-electron chi connectivity index (χ4n) is 1.39. The van der Waals surface area contributed by atoms with Gasteiger partial charge in [-0.05, 0) is 25.5 Å². The van der Waals surface area contributed by atoms with Crippen LogP contribution < -0.4 is 0 Å². The van der Waals surface area contributed by atoms with Crippen molar-refractivity contribution in [3.63, 3.8) is 0 Å². The van der Waals surface area contributed by atoms with Gasteiger partial charge in [-0.3, -0.25) is 4.79 Å². The first kappa shape index (κ1) is 13.8. The van der Waals surface area contributed by atoms with Crippen molar-refractivity contribution in [1.82, 2.24) is 0 Å². The van der Waals surface area contributed by atoms with Crippen LogP contribution in [0, 0.1) is 6.92 Å². The Labute approximate surface area is 108 Å². The molecule has 0 bridgehead atoms. The first-order valence-corrected chi connectivity index (χ1v) is 7.17. The van der Waals surface area contributed by atoms with E-state index in [1.165, 1.54) is 13.0 Å². The zero-order valence-electron chi connectivity index (χ0n) is 8.34. The van der Waals surface area contributed by atoms with Crippen LogP contribution in [-0.2, 0) is 9.05 Å². The third-order valence-corrected chi connectivity index (χ3v) is 4.23. The van der Waals surface area contributed by atoms with Gasteiger partial charge in [-0.2, -0.15) is 0 Å². The summed E-state index contributed by atoms with van der Waals surface area (Å²) < 4.78 is 22.7. The minimum absolute atomic E-state index is 0.0237. The monoisotopic (exact) mass is 300 g/mol. The molecule has 0 saturated heterocycles. The summed E-state index contributed by atoms with van der Waals surface area (Å²) in [6.07, 6.45) is 0. The molecule has 0 fully saturated rings. The predicted molar refractivity (Wildman–Crippen MR) is 64.2 cm³/mol. The van der Waals surface area contributed by atoms with E-state index in [0.717, 1.165) is 0 Å². The molecule has 1 aromatic rings. The highest BCUT2D eigenvalue weighted by Gasteiger charge is 2.26. The Morgan fingerprint density at radius 1 is 1.31 bits per heavy atom. The second-order valence-corrected chi connectivity index (χ2v) is 6.48. The molecule has 0 saturated carbocycles. The summed E-state index contributed by atoms with van der Waals surface area (Å²) in [6, 6.07) is 1.42. The molecule has 0 radical (unpaired) electrons. The quantitative estimate of drug-likeness (QED) is 0.621. The number of hydrogen-bond donors (Lipinski definition) is 0. The summed E-state index contributed by atoms with van der Waals surface area (Å²) in [5.41, 5.74) is 0.394. The molecule has 0 aromatic heterocycles. The van der Waals surface area contributed by atoms with E-state index in [9.17, 15) is 13.2 Å². The maximum absolute atomic E-state index is 11.4. The smallest absolute Gasteiger partial charge is 0.263 e. The lowest BCUT2D eigenvalue weighted by Gasteiger charge is -2.10. The van der Waals surface area contributed by atoms with Crippen LogP contribution in [0.3, 0.4) is 0 Å². The average Bonchev–Trinajstić information content (AvgIpc) is 2.07. The van der Waals surface area contributed by atoms with E-state index in [0.29, 0.717) is 5.56 Å². The Morgan fingerprint density at radius 3 is 2.19 bits per heavy atom. The topological polar surface area (TPSA) is 51.2 Å². The second-order valence-electron chi connectivity index (χ2n) is 3.19. The molecule has 0 atom stereocenters. The molecule has 16 heavy (non-hydrogen) atoms. The SMILES string of the molecule is CC(=O)c1c(C)cc(Cl)c(Cl)c1S(=O)(=O)Cl. The molecule has 0 amide bonds. The van der Waals surface area contributed by atoms with Crippen LogP contribution in [0.15, 0.2) is 11.0 Å². The van der Waals surface area contributed by atoms with Crippen molar-refractivity contribution in [2.75, 3.05) is 0 Å². The van der Waals surface area contributed by atoms with Gasteiger partial charge in [-0.15, -0.1) is 0 Å². The summed E-state index contributed by atoms with van der Waals surface area (Å²) >= 11 is 11.5. The molecule has 7 heteroatoms. The van der Waals surface area contributed by atoms with Crippen molar-refractivity contribution in [1.29, 1.82) is 0 Å². The van der Waals surface area contributed by atoms with Gasteiger partial charge in [0, 0.05) is 16.2 Å². The molecular weight excluding hydrogens is 295 g/mol. The van der Waals surface area contributed by atoms with Crippen LogP contribution in [0.2, 0.25) is 10.0 Å². The Kier molecular flexibility index (Phi) is 3.90. The van der Waals surface area contributed by atoms with E-state index in [1.807, 2.05) is 0 Å². The van der Waals surface area contributed by atoms with E-state index in [-0.39, 0.29) is 15.6 Å². The van der Waals surface area contributed by atoms with Gasteiger partial charge in [0.05, 0.1) is 10.0 Å². The molecule has 88 valence electrons. The number of ketones is 1. The lowest BCUT2D eigenvalue weighted by atomic mass is 10.1. The zero-order valence-corrected chi connectivity index (χ0v) is 11.4. The molecule has 3 nitrogen and oxygen atoms in total. The van der Waals surface area contributed by atoms with Crippen molar-refractivity contribution in [2.45, 2.75) is 18.7 Å². The molecule has 0 aliphatic rings. The molecule has 0 aliphatic carbocycles. The third kappa shape index (κ3) is 2.51.